The summed E-state index contributed by atoms with van der Waals surface area (Å²) in [7, 11) is 1.33. The van der Waals surface area contributed by atoms with Gasteiger partial charge in [-0.25, -0.2) is 4.79 Å². The van der Waals surface area contributed by atoms with Gasteiger partial charge in [0.15, 0.2) is 0 Å². The van der Waals surface area contributed by atoms with E-state index in [0.717, 1.165) is 5.56 Å². The number of esters is 1. The Bertz CT molecular complexity index is 437. The maximum absolute atomic E-state index is 11.4. The second-order valence-electron chi connectivity index (χ2n) is 3.63. The fraction of sp³-hybridized carbons (Fsp3) is 0.333. The number of benzene rings is 1. The summed E-state index contributed by atoms with van der Waals surface area (Å²) in [5.74, 6) is 0.402. The minimum absolute atomic E-state index is 0.126. The van der Waals surface area contributed by atoms with Crippen LogP contribution >= 0.6 is 0 Å². The number of ketones is 1. The van der Waals surface area contributed by atoms with Gasteiger partial charge in [0.25, 0.3) is 0 Å². The summed E-state index contributed by atoms with van der Waals surface area (Å²) in [5, 5.41) is 0. The molecule has 0 saturated heterocycles. The minimum atomic E-state index is -0.403. The van der Waals surface area contributed by atoms with Gasteiger partial charge in [-0.05, 0) is 18.2 Å². The van der Waals surface area contributed by atoms with E-state index in [-0.39, 0.29) is 5.78 Å². The molecule has 1 heterocycles. The molecule has 0 spiro atoms. The smallest absolute Gasteiger partial charge is 0.337 e. The number of carbonyl (C=O) groups excluding carboxylic acids is 2. The van der Waals surface area contributed by atoms with E-state index in [1.165, 1.54) is 7.11 Å². The van der Waals surface area contributed by atoms with Gasteiger partial charge in [0, 0.05) is 18.4 Å². The first-order chi connectivity index (χ1) is 7.70. The summed E-state index contributed by atoms with van der Waals surface area (Å²) in [4.78, 5) is 22.7. The lowest BCUT2D eigenvalue weighted by atomic mass is 10.0. The van der Waals surface area contributed by atoms with Gasteiger partial charge in [0.2, 0.25) is 0 Å². The van der Waals surface area contributed by atoms with Crippen molar-refractivity contribution < 1.29 is 19.1 Å². The highest BCUT2D eigenvalue weighted by atomic mass is 16.5. The molecule has 0 saturated carbocycles. The molecule has 0 amide bonds. The third kappa shape index (κ3) is 2.05. The van der Waals surface area contributed by atoms with Crippen LogP contribution in [0.2, 0.25) is 0 Å². The molecule has 1 aromatic carbocycles. The third-order valence-electron chi connectivity index (χ3n) is 2.51. The van der Waals surface area contributed by atoms with Gasteiger partial charge < -0.3 is 9.47 Å². The van der Waals surface area contributed by atoms with Crippen molar-refractivity contribution in [3.63, 3.8) is 0 Å². The summed E-state index contributed by atoms with van der Waals surface area (Å²) >= 11 is 0. The molecule has 0 N–H and O–H groups in total. The molecule has 0 bridgehead atoms. The third-order valence-corrected chi connectivity index (χ3v) is 2.51. The summed E-state index contributed by atoms with van der Waals surface area (Å²) in [6, 6.07) is 5.00. The van der Waals surface area contributed by atoms with Gasteiger partial charge in [-0.2, -0.15) is 0 Å². The lowest BCUT2D eigenvalue weighted by molar-refractivity contribution is -0.118. The van der Waals surface area contributed by atoms with Crippen LogP contribution in [0.4, 0.5) is 0 Å². The number of hydrogen-bond acceptors (Lipinski definition) is 4. The Morgan fingerprint density at radius 2 is 2.25 bits per heavy atom. The Labute approximate surface area is 93.2 Å². The van der Waals surface area contributed by atoms with Gasteiger partial charge in [0.05, 0.1) is 19.3 Å². The van der Waals surface area contributed by atoms with Crippen LogP contribution in [0.3, 0.4) is 0 Å². The average Bonchev–Trinajstić information content (AvgIpc) is 2.47. The lowest BCUT2D eigenvalue weighted by Crippen LogP contribution is -2.04. The van der Waals surface area contributed by atoms with Crippen molar-refractivity contribution in [3.05, 3.63) is 29.3 Å². The Morgan fingerprint density at radius 1 is 1.44 bits per heavy atom. The molecule has 0 atom stereocenters. The standard InChI is InChI=1S/C12H12O4/c1-15-12(14)8-2-3-11-9(6-8)7-10(13)4-5-16-11/h2-3,6H,4-5,7H2,1H3. The molecule has 2 rings (SSSR count). The van der Waals surface area contributed by atoms with E-state index in [1.807, 2.05) is 0 Å². The van der Waals surface area contributed by atoms with Crippen molar-refractivity contribution in [1.29, 1.82) is 0 Å². The van der Waals surface area contributed by atoms with Crippen LogP contribution in [0.15, 0.2) is 18.2 Å². The number of carbonyl (C=O) groups is 2. The molecule has 0 fully saturated rings. The largest absolute Gasteiger partial charge is 0.493 e. The SMILES string of the molecule is COC(=O)c1ccc2c(c1)CC(=O)CCO2. The lowest BCUT2D eigenvalue weighted by Gasteiger charge is -2.07. The van der Waals surface area contributed by atoms with E-state index >= 15 is 0 Å². The zero-order valence-electron chi connectivity index (χ0n) is 8.99. The summed E-state index contributed by atoms with van der Waals surface area (Å²) in [6.45, 7) is 0.406. The molecule has 0 radical (unpaired) electrons. The van der Waals surface area contributed by atoms with E-state index in [0.29, 0.717) is 30.8 Å². The topological polar surface area (TPSA) is 52.6 Å². The maximum Gasteiger partial charge on any atom is 0.337 e. The highest BCUT2D eigenvalue weighted by Crippen LogP contribution is 2.24. The zero-order chi connectivity index (χ0) is 11.5. The minimum Gasteiger partial charge on any atom is -0.493 e. The molecule has 0 unspecified atom stereocenters. The average molecular weight is 220 g/mol. The highest BCUT2D eigenvalue weighted by Gasteiger charge is 2.16. The Balaban J connectivity index is 2.36. The van der Waals surface area contributed by atoms with Gasteiger partial charge in [-0.1, -0.05) is 0 Å². The molecular weight excluding hydrogens is 208 g/mol. The molecule has 1 aromatic rings. The first-order valence-electron chi connectivity index (χ1n) is 5.06. The fourth-order valence-corrected chi connectivity index (χ4v) is 1.68. The summed E-state index contributed by atoms with van der Waals surface area (Å²) < 4.78 is 10.0. The number of ether oxygens (including phenoxy) is 2. The molecule has 4 nitrogen and oxygen atoms in total. The highest BCUT2D eigenvalue weighted by molar-refractivity contribution is 5.90. The van der Waals surface area contributed by atoms with Crippen LogP contribution in [-0.2, 0) is 16.0 Å². The Hall–Kier alpha value is -1.84. The van der Waals surface area contributed by atoms with E-state index in [2.05, 4.69) is 4.74 Å². The quantitative estimate of drug-likeness (QED) is 0.671. The van der Waals surface area contributed by atoms with Gasteiger partial charge >= 0.3 is 5.97 Å². The first-order valence-corrected chi connectivity index (χ1v) is 5.06. The van der Waals surface area contributed by atoms with Crippen LogP contribution in [0, 0.1) is 0 Å². The van der Waals surface area contributed by atoms with E-state index < -0.39 is 5.97 Å². The monoisotopic (exact) mass is 220 g/mol. The summed E-state index contributed by atoms with van der Waals surface area (Å²) in [5.41, 5.74) is 1.20. The fourth-order valence-electron chi connectivity index (χ4n) is 1.68. The molecule has 1 aliphatic heterocycles. The number of methoxy groups -OCH3 is 1. The molecule has 0 aliphatic carbocycles. The van der Waals surface area contributed by atoms with E-state index in [4.69, 9.17) is 4.74 Å². The van der Waals surface area contributed by atoms with Crippen LogP contribution in [0.1, 0.15) is 22.3 Å². The van der Waals surface area contributed by atoms with Crippen molar-refractivity contribution in [1.82, 2.24) is 0 Å². The molecule has 84 valence electrons. The van der Waals surface area contributed by atoms with Crippen molar-refractivity contribution in [2.24, 2.45) is 0 Å². The Morgan fingerprint density at radius 3 is 3.00 bits per heavy atom. The second kappa shape index (κ2) is 4.35. The zero-order valence-corrected chi connectivity index (χ0v) is 8.99. The molecule has 1 aliphatic rings. The number of hydrogen-bond donors (Lipinski definition) is 0. The van der Waals surface area contributed by atoms with Crippen LogP contribution in [0.5, 0.6) is 5.75 Å². The molecular formula is C12H12O4. The van der Waals surface area contributed by atoms with Crippen LogP contribution in [-0.4, -0.2) is 25.5 Å². The van der Waals surface area contributed by atoms with Gasteiger partial charge in [-0.15, -0.1) is 0 Å². The summed E-state index contributed by atoms with van der Waals surface area (Å²) in [6.07, 6.45) is 0.738. The van der Waals surface area contributed by atoms with Crippen molar-refractivity contribution in [2.75, 3.05) is 13.7 Å². The van der Waals surface area contributed by atoms with Crippen molar-refractivity contribution >= 4 is 11.8 Å². The van der Waals surface area contributed by atoms with E-state index in [1.54, 1.807) is 18.2 Å². The number of Topliss-reactive ketones (excluding diaryl/α,β-unsaturated/α-hetero) is 1. The predicted octanol–water partition coefficient (Wildman–Crippen LogP) is 1.37. The normalized spacial score (nSPS) is 14.7. The second-order valence-corrected chi connectivity index (χ2v) is 3.63. The first kappa shape index (κ1) is 10.7. The van der Waals surface area contributed by atoms with Crippen LogP contribution < -0.4 is 4.74 Å². The number of fused-ring (bicyclic) bond motifs is 1. The van der Waals surface area contributed by atoms with Crippen LogP contribution in [0.25, 0.3) is 0 Å². The van der Waals surface area contributed by atoms with Gasteiger partial charge in [0.1, 0.15) is 11.5 Å². The van der Waals surface area contributed by atoms with E-state index in [9.17, 15) is 9.59 Å². The molecule has 16 heavy (non-hydrogen) atoms. The maximum atomic E-state index is 11.4. The van der Waals surface area contributed by atoms with Gasteiger partial charge in [-0.3, -0.25) is 4.79 Å². The van der Waals surface area contributed by atoms with Crippen molar-refractivity contribution in [3.8, 4) is 5.75 Å². The Kier molecular flexibility index (Phi) is 2.90. The number of rotatable bonds is 1. The molecule has 4 heteroatoms. The van der Waals surface area contributed by atoms with Crippen molar-refractivity contribution in [2.45, 2.75) is 12.8 Å². The molecule has 0 aromatic heterocycles. The predicted molar refractivity (Wildman–Crippen MR) is 56.6 cm³/mol.